The van der Waals surface area contributed by atoms with Gasteiger partial charge in [0.1, 0.15) is 0 Å². The minimum absolute atomic E-state index is 0.160. The van der Waals surface area contributed by atoms with Gasteiger partial charge in [-0.3, -0.25) is 0 Å². The Kier molecular flexibility index (Phi) is 3.57. The minimum atomic E-state index is 0.160. The highest BCUT2D eigenvalue weighted by atomic mass is 35.5. The second-order valence-electron chi connectivity index (χ2n) is 2.95. The molecule has 1 nitrogen and oxygen atoms in total. The first-order chi connectivity index (χ1) is 5.74. The first-order valence-electron chi connectivity index (χ1n) is 4.25. The monoisotopic (exact) mass is 183 g/mol. The maximum atomic E-state index is 5.91. The van der Waals surface area contributed by atoms with Crippen LogP contribution in [0.25, 0.3) is 0 Å². The molecule has 0 aliphatic rings. The smallest absolute Gasteiger partial charge is 0.0406 e. The number of benzene rings is 1. The largest absolute Gasteiger partial charge is 0.324 e. The third-order valence-electron chi connectivity index (χ3n) is 1.90. The van der Waals surface area contributed by atoms with Crippen LogP contribution in [0.3, 0.4) is 0 Å². The van der Waals surface area contributed by atoms with Gasteiger partial charge in [-0.15, -0.1) is 0 Å². The Morgan fingerprint density at radius 2 is 1.92 bits per heavy atom. The summed E-state index contributed by atoms with van der Waals surface area (Å²) in [6, 6.07) is 7.90. The summed E-state index contributed by atoms with van der Waals surface area (Å²) in [5.74, 6) is 0. The average molecular weight is 184 g/mol. The molecule has 2 N–H and O–H groups in total. The summed E-state index contributed by atoms with van der Waals surface area (Å²) in [6.07, 6.45) is 2.14. The first kappa shape index (κ1) is 9.56. The van der Waals surface area contributed by atoms with Crippen LogP contribution in [-0.4, -0.2) is 0 Å². The zero-order valence-corrected chi connectivity index (χ0v) is 8.01. The van der Waals surface area contributed by atoms with Gasteiger partial charge < -0.3 is 5.73 Å². The summed E-state index contributed by atoms with van der Waals surface area (Å²) in [4.78, 5) is 0. The van der Waals surface area contributed by atoms with E-state index in [1.807, 2.05) is 24.3 Å². The Morgan fingerprint density at radius 1 is 1.33 bits per heavy atom. The topological polar surface area (TPSA) is 26.0 Å². The molecule has 0 bridgehead atoms. The van der Waals surface area contributed by atoms with Crippen LogP contribution >= 0.6 is 11.6 Å². The Labute approximate surface area is 78.5 Å². The van der Waals surface area contributed by atoms with Crippen LogP contribution in [0.5, 0.6) is 0 Å². The van der Waals surface area contributed by atoms with Crippen molar-refractivity contribution in [1.29, 1.82) is 0 Å². The van der Waals surface area contributed by atoms with Crippen LogP contribution in [0.2, 0.25) is 5.02 Å². The molecule has 0 spiro atoms. The lowest BCUT2D eigenvalue weighted by molar-refractivity contribution is 0.638. The van der Waals surface area contributed by atoms with Crippen molar-refractivity contribution >= 4 is 11.6 Å². The van der Waals surface area contributed by atoms with E-state index in [-0.39, 0.29) is 6.04 Å². The van der Waals surface area contributed by atoms with Gasteiger partial charge in [-0.25, -0.2) is 0 Å². The molecule has 1 rings (SSSR count). The Bertz CT molecular complexity index is 230. The fourth-order valence-electron chi connectivity index (χ4n) is 1.19. The van der Waals surface area contributed by atoms with Crippen LogP contribution < -0.4 is 5.73 Å². The number of nitrogens with two attached hydrogens (primary N) is 1. The molecule has 0 fully saturated rings. The molecule has 0 aliphatic heterocycles. The molecule has 0 heterocycles. The summed E-state index contributed by atoms with van der Waals surface area (Å²) in [7, 11) is 0. The Balaban J connectivity index is 2.68. The molecule has 0 amide bonds. The summed E-state index contributed by atoms with van der Waals surface area (Å²) in [5, 5.41) is 0.766. The van der Waals surface area contributed by atoms with Crippen molar-refractivity contribution in [2.75, 3.05) is 0 Å². The Hall–Kier alpha value is -0.530. The van der Waals surface area contributed by atoms with E-state index in [1.165, 1.54) is 5.56 Å². The lowest BCUT2D eigenvalue weighted by Crippen LogP contribution is -2.09. The minimum Gasteiger partial charge on any atom is -0.324 e. The maximum Gasteiger partial charge on any atom is 0.0406 e. The Morgan fingerprint density at radius 3 is 2.42 bits per heavy atom. The molecule has 0 radical (unpaired) electrons. The number of halogens is 1. The highest BCUT2D eigenvalue weighted by Gasteiger charge is 2.02. The predicted octanol–water partition coefficient (Wildman–Crippen LogP) is 3.14. The second kappa shape index (κ2) is 4.48. The van der Waals surface area contributed by atoms with Crippen molar-refractivity contribution < 1.29 is 0 Å². The highest BCUT2D eigenvalue weighted by molar-refractivity contribution is 6.30. The van der Waals surface area contributed by atoms with E-state index in [0.717, 1.165) is 17.9 Å². The lowest BCUT2D eigenvalue weighted by Gasteiger charge is -2.09. The molecule has 1 aromatic rings. The number of hydrogen-bond donors (Lipinski definition) is 1. The molecule has 1 aromatic carbocycles. The van der Waals surface area contributed by atoms with E-state index in [1.54, 1.807) is 0 Å². The first-order valence-corrected chi connectivity index (χ1v) is 4.63. The van der Waals surface area contributed by atoms with Gasteiger partial charge in [-0.05, 0) is 24.1 Å². The number of hydrogen-bond acceptors (Lipinski definition) is 1. The molecule has 66 valence electrons. The van der Waals surface area contributed by atoms with E-state index in [2.05, 4.69) is 6.92 Å². The SMILES string of the molecule is CCC[C@@H](N)c1ccc(Cl)cc1. The average Bonchev–Trinajstić information content (AvgIpc) is 2.06. The third-order valence-corrected chi connectivity index (χ3v) is 2.15. The predicted molar refractivity (Wildman–Crippen MR) is 53.3 cm³/mol. The summed E-state index contributed by atoms with van der Waals surface area (Å²) in [5.41, 5.74) is 7.08. The standard InChI is InChI=1S/C10H14ClN/c1-2-3-10(12)8-4-6-9(11)7-5-8/h4-7,10H,2-3,12H2,1H3/t10-/m1/s1. The molecule has 0 unspecified atom stereocenters. The van der Waals surface area contributed by atoms with Crippen LogP contribution in [0.4, 0.5) is 0 Å². The fourth-order valence-corrected chi connectivity index (χ4v) is 1.31. The molecule has 1 atom stereocenters. The van der Waals surface area contributed by atoms with Gasteiger partial charge in [0, 0.05) is 11.1 Å². The van der Waals surface area contributed by atoms with Gasteiger partial charge in [-0.1, -0.05) is 37.1 Å². The molecular formula is C10H14ClN. The van der Waals surface area contributed by atoms with Gasteiger partial charge in [0.05, 0.1) is 0 Å². The van der Waals surface area contributed by atoms with Gasteiger partial charge in [0.15, 0.2) is 0 Å². The number of rotatable bonds is 3. The van der Waals surface area contributed by atoms with Crippen molar-refractivity contribution in [3.63, 3.8) is 0 Å². The molecule has 0 saturated heterocycles. The molecule has 0 aromatic heterocycles. The van der Waals surface area contributed by atoms with Crippen LogP contribution in [-0.2, 0) is 0 Å². The molecule has 0 saturated carbocycles. The van der Waals surface area contributed by atoms with Crippen LogP contribution in [0.1, 0.15) is 31.4 Å². The second-order valence-corrected chi connectivity index (χ2v) is 3.38. The summed E-state index contributed by atoms with van der Waals surface area (Å²) >= 11 is 5.75. The maximum absolute atomic E-state index is 5.91. The van der Waals surface area contributed by atoms with Gasteiger partial charge in [0.2, 0.25) is 0 Å². The van der Waals surface area contributed by atoms with Gasteiger partial charge in [0.25, 0.3) is 0 Å². The zero-order chi connectivity index (χ0) is 8.97. The van der Waals surface area contributed by atoms with Gasteiger partial charge >= 0.3 is 0 Å². The van der Waals surface area contributed by atoms with Crippen molar-refractivity contribution in [3.05, 3.63) is 34.9 Å². The van der Waals surface area contributed by atoms with Crippen molar-refractivity contribution in [2.45, 2.75) is 25.8 Å². The quantitative estimate of drug-likeness (QED) is 0.766. The fraction of sp³-hybridized carbons (Fsp3) is 0.400. The van der Waals surface area contributed by atoms with E-state index in [0.29, 0.717) is 0 Å². The van der Waals surface area contributed by atoms with Crippen LogP contribution in [0.15, 0.2) is 24.3 Å². The third kappa shape index (κ3) is 2.50. The van der Waals surface area contributed by atoms with Crippen molar-refractivity contribution in [3.8, 4) is 0 Å². The van der Waals surface area contributed by atoms with E-state index in [4.69, 9.17) is 17.3 Å². The normalized spacial score (nSPS) is 12.9. The van der Waals surface area contributed by atoms with Crippen LogP contribution in [0, 0.1) is 0 Å². The molecule has 2 heteroatoms. The zero-order valence-electron chi connectivity index (χ0n) is 7.26. The summed E-state index contributed by atoms with van der Waals surface area (Å²) in [6.45, 7) is 2.13. The summed E-state index contributed by atoms with van der Waals surface area (Å²) < 4.78 is 0. The van der Waals surface area contributed by atoms with Crippen molar-refractivity contribution in [2.24, 2.45) is 5.73 Å². The molecular weight excluding hydrogens is 170 g/mol. The molecule has 12 heavy (non-hydrogen) atoms. The van der Waals surface area contributed by atoms with E-state index < -0.39 is 0 Å². The lowest BCUT2D eigenvalue weighted by atomic mass is 10.0. The van der Waals surface area contributed by atoms with E-state index in [9.17, 15) is 0 Å². The van der Waals surface area contributed by atoms with Gasteiger partial charge in [-0.2, -0.15) is 0 Å². The highest BCUT2D eigenvalue weighted by Crippen LogP contribution is 2.17. The van der Waals surface area contributed by atoms with Crippen molar-refractivity contribution in [1.82, 2.24) is 0 Å². The molecule has 0 aliphatic carbocycles. The van der Waals surface area contributed by atoms with E-state index >= 15 is 0 Å².